The largest absolute Gasteiger partial charge is 0.486 e. The number of thiocarbonyl (C=S) groups is 1. The Morgan fingerprint density at radius 3 is 2.70 bits per heavy atom. The molecular formula is C18H20FNO2S. The zero-order chi connectivity index (χ0) is 16.8. The molecular weight excluding hydrogens is 313 g/mol. The van der Waals surface area contributed by atoms with Gasteiger partial charge in [-0.25, -0.2) is 4.39 Å². The predicted octanol–water partition coefficient (Wildman–Crippen LogP) is 4.62. The van der Waals surface area contributed by atoms with Crippen LogP contribution in [0.4, 0.5) is 10.1 Å². The second-order valence-corrected chi connectivity index (χ2v) is 5.51. The van der Waals surface area contributed by atoms with Crippen LogP contribution in [0, 0.1) is 12.7 Å². The number of anilines is 1. The van der Waals surface area contributed by atoms with Crippen LogP contribution in [0.5, 0.6) is 5.75 Å². The molecule has 0 aliphatic carbocycles. The first kappa shape index (κ1) is 17.2. The first-order chi connectivity index (χ1) is 11.0. The van der Waals surface area contributed by atoms with Crippen LogP contribution in [0.15, 0.2) is 36.4 Å². The molecule has 0 aliphatic rings. The van der Waals surface area contributed by atoms with Gasteiger partial charge in [-0.15, -0.1) is 0 Å². The number of methoxy groups -OCH3 is 1. The quantitative estimate of drug-likeness (QED) is 0.809. The van der Waals surface area contributed by atoms with Gasteiger partial charge in [-0.2, -0.15) is 0 Å². The summed E-state index contributed by atoms with van der Waals surface area (Å²) in [6.45, 7) is 4.15. The minimum Gasteiger partial charge on any atom is -0.486 e. The van der Waals surface area contributed by atoms with Crippen molar-refractivity contribution >= 4 is 23.1 Å². The first-order valence-corrected chi connectivity index (χ1v) is 7.80. The normalized spacial score (nSPS) is 10.3. The van der Waals surface area contributed by atoms with Crippen molar-refractivity contribution < 1.29 is 13.9 Å². The minimum atomic E-state index is -0.360. The molecule has 0 spiro atoms. The number of benzene rings is 2. The zero-order valence-electron chi connectivity index (χ0n) is 13.5. The maximum absolute atomic E-state index is 13.9. The van der Waals surface area contributed by atoms with E-state index in [1.54, 1.807) is 6.07 Å². The molecule has 0 unspecified atom stereocenters. The van der Waals surface area contributed by atoms with Gasteiger partial charge in [0.1, 0.15) is 6.61 Å². The van der Waals surface area contributed by atoms with E-state index in [-0.39, 0.29) is 23.3 Å². The van der Waals surface area contributed by atoms with Crippen molar-refractivity contribution in [2.75, 3.05) is 12.4 Å². The van der Waals surface area contributed by atoms with Crippen molar-refractivity contribution in [2.24, 2.45) is 0 Å². The van der Waals surface area contributed by atoms with Crippen molar-refractivity contribution in [3.8, 4) is 5.75 Å². The third-order valence-electron chi connectivity index (χ3n) is 3.54. The van der Waals surface area contributed by atoms with Gasteiger partial charge in [0, 0.05) is 11.3 Å². The second-order valence-electron chi connectivity index (χ2n) is 5.14. The maximum Gasteiger partial charge on any atom is 0.260 e. The monoisotopic (exact) mass is 333 g/mol. The van der Waals surface area contributed by atoms with Crippen molar-refractivity contribution in [3.63, 3.8) is 0 Å². The van der Waals surface area contributed by atoms with Gasteiger partial charge in [0.25, 0.3) is 5.17 Å². The van der Waals surface area contributed by atoms with Crippen LogP contribution >= 0.6 is 12.2 Å². The molecule has 2 rings (SSSR count). The molecule has 0 heterocycles. The molecule has 2 aromatic rings. The van der Waals surface area contributed by atoms with E-state index in [1.165, 1.54) is 13.2 Å². The number of ether oxygens (including phenoxy) is 2. The molecule has 0 aliphatic heterocycles. The molecule has 3 nitrogen and oxygen atoms in total. The van der Waals surface area contributed by atoms with Gasteiger partial charge in [0.2, 0.25) is 0 Å². The summed E-state index contributed by atoms with van der Waals surface area (Å²) in [6.07, 6.45) is 0.838. The predicted molar refractivity (Wildman–Crippen MR) is 94.5 cm³/mol. The van der Waals surface area contributed by atoms with Crippen LogP contribution in [-0.2, 0) is 17.8 Å². The van der Waals surface area contributed by atoms with E-state index in [4.69, 9.17) is 21.7 Å². The molecule has 5 heteroatoms. The van der Waals surface area contributed by atoms with Crippen LogP contribution in [0.2, 0.25) is 0 Å². The Hall–Kier alpha value is -2.14. The van der Waals surface area contributed by atoms with Crippen molar-refractivity contribution in [1.82, 2.24) is 0 Å². The number of hydrogen-bond donors (Lipinski definition) is 1. The number of halogens is 1. The molecule has 0 fully saturated rings. The van der Waals surface area contributed by atoms with E-state index in [9.17, 15) is 4.39 Å². The summed E-state index contributed by atoms with van der Waals surface area (Å²) in [6, 6.07) is 10.8. The van der Waals surface area contributed by atoms with E-state index in [0.717, 1.165) is 28.8 Å². The van der Waals surface area contributed by atoms with E-state index in [1.807, 2.05) is 31.2 Å². The molecule has 0 amide bonds. The summed E-state index contributed by atoms with van der Waals surface area (Å²) in [4.78, 5) is 0. The smallest absolute Gasteiger partial charge is 0.260 e. The Morgan fingerprint density at radius 1 is 1.26 bits per heavy atom. The average Bonchev–Trinajstić information content (AvgIpc) is 2.54. The topological polar surface area (TPSA) is 30.5 Å². The lowest BCUT2D eigenvalue weighted by molar-refractivity contribution is 0.289. The van der Waals surface area contributed by atoms with E-state index < -0.39 is 0 Å². The SMILES string of the molecule is CCc1cccc(NC(=S)OC)c1COc1ccc(C)cc1F. The van der Waals surface area contributed by atoms with Gasteiger partial charge in [-0.3, -0.25) is 0 Å². The number of aryl methyl sites for hydroxylation is 2. The summed E-state index contributed by atoms with van der Waals surface area (Å²) in [5.41, 5.74) is 3.72. The maximum atomic E-state index is 13.9. The van der Waals surface area contributed by atoms with Crippen LogP contribution < -0.4 is 10.1 Å². The molecule has 2 aromatic carbocycles. The van der Waals surface area contributed by atoms with Gasteiger partial charge in [-0.1, -0.05) is 25.1 Å². The molecule has 0 saturated carbocycles. The third kappa shape index (κ3) is 4.42. The number of rotatable bonds is 5. The van der Waals surface area contributed by atoms with Gasteiger partial charge >= 0.3 is 0 Å². The minimum absolute atomic E-state index is 0.238. The van der Waals surface area contributed by atoms with Crippen molar-refractivity contribution in [1.29, 1.82) is 0 Å². The molecule has 0 radical (unpaired) electrons. The van der Waals surface area contributed by atoms with Crippen molar-refractivity contribution in [2.45, 2.75) is 26.9 Å². The highest BCUT2D eigenvalue weighted by molar-refractivity contribution is 7.80. The van der Waals surface area contributed by atoms with Gasteiger partial charge in [-0.05, 0) is 54.9 Å². The highest BCUT2D eigenvalue weighted by Gasteiger charge is 2.11. The Kier molecular flexibility index (Phi) is 5.93. The van der Waals surface area contributed by atoms with Crippen LogP contribution in [0.1, 0.15) is 23.6 Å². The fourth-order valence-corrected chi connectivity index (χ4v) is 2.40. The average molecular weight is 333 g/mol. The van der Waals surface area contributed by atoms with Gasteiger partial charge < -0.3 is 14.8 Å². The Balaban J connectivity index is 2.24. The van der Waals surface area contributed by atoms with Crippen LogP contribution in [0.3, 0.4) is 0 Å². The lowest BCUT2D eigenvalue weighted by Gasteiger charge is -2.16. The fraction of sp³-hybridized carbons (Fsp3) is 0.278. The molecule has 1 N–H and O–H groups in total. The van der Waals surface area contributed by atoms with Gasteiger partial charge in [0.05, 0.1) is 7.11 Å². The highest BCUT2D eigenvalue weighted by atomic mass is 32.1. The Labute approximate surface area is 141 Å². The molecule has 0 atom stereocenters. The van der Waals surface area contributed by atoms with Crippen molar-refractivity contribution in [3.05, 3.63) is 58.9 Å². The summed E-state index contributed by atoms with van der Waals surface area (Å²) >= 11 is 5.05. The molecule has 122 valence electrons. The Bertz CT molecular complexity index is 703. The summed E-state index contributed by atoms with van der Waals surface area (Å²) in [7, 11) is 1.51. The fourth-order valence-electron chi connectivity index (χ4n) is 2.29. The summed E-state index contributed by atoms with van der Waals surface area (Å²) in [5, 5.41) is 3.31. The molecule has 23 heavy (non-hydrogen) atoms. The summed E-state index contributed by atoms with van der Waals surface area (Å²) < 4.78 is 24.6. The second kappa shape index (κ2) is 7.92. The molecule has 0 aromatic heterocycles. The molecule has 0 bridgehead atoms. The van der Waals surface area contributed by atoms with E-state index in [0.29, 0.717) is 0 Å². The standard InChI is InChI=1S/C18H20FNO2S/c1-4-13-6-5-7-16(20-18(23)21-3)14(13)11-22-17-9-8-12(2)10-15(17)19/h5-10H,4,11H2,1-3H3,(H,20,23). The van der Waals surface area contributed by atoms with E-state index in [2.05, 4.69) is 12.2 Å². The Morgan fingerprint density at radius 2 is 2.04 bits per heavy atom. The lowest BCUT2D eigenvalue weighted by Crippen LogP contribution is -2.14. The van der Waals surface area contributed by atoms with Gasteiger partial charge in [0.15, 0.2) is 11.6 Å². The summed E-state index contributed by atoms with van der Waals surface area (Å²) in [5.74, 6) is -0.123. The van der Waals surface area contributed by atoms with E-state index >= 15 is 0 Å². The first-order valence-electron chi connectivity index (χ1n) is 7.39. The lowest BCUT2D eigenvalue weighted by atomic mass is 10.0. The molecule has 0 saturated heterocycles. The van der Waals surface area contributed by atoms with Crippen LogP contribution in [-0.4, -0.2) is 12.3 Å². The highest BCUT2D eigenvalue weighted by Crippen LogP contribution is 2.25. The number of hydrogen-bond acceptors (Lipinski definition) is 3. The zero-order valence-corrected chi connectivity index (χ0v) is 14.3. The van der Waals surface area contributed by atoms with Crippen LogP contribution in [0.25, 0.3) is 0 Å². The third-order valence-corrected chi connectivity index (χ3v) is 3.80. The number of nitrogens with one attached hydrogen (secondary N) is 1.